The molecule has 2 saturated heterocycles. The van der Waals surface area contributed by atoms with Crippen molar-refractivity contribution in [3.63, 3.8) is 0 Å². The van der Waals surface area contributed by atoms with E-state index in [4.69, 9.17) is 4.74 Å². The zero-order valence-electron chi connectivity index (χ0n) is 16.9. The van der Waals surface area contributed by atoms with Crippen molar-refractivity contribution in [2.45, 2.75) is 57.7 Å². The molecule has 3 atom stereocenters. The summed E-state index contributed by atoms with van der Waals surface area (Å²) < 4.78 is 6.31. The highest BCUT2D eigenvalue weighted by Crippen LogP contribution is 2.42. The Morgan fingerprint density at radius 1 is 1.25 bits per heavy atom. The molecule has 4 rings (SSSR count). The number of amides is 3. The lowest BCUT2D eigenvalue weighted by Gasteiger charge is -2.44. The molecule has 3 amide bonds. The van der Waals surface area contributed by atoms with E-state index in [0.717, 1.165) is 37.1 Å². The number of urea groups is 1. The predicted molar refractivity (Wildman–Crippen MR) is 108 cm³/mol. The molecular formula is C22H31N3O3. The molecule has 0 aromatic heterocycles. The van der Waals surface area contributed by atoms with Crippen molar-refractivity contribution in [1.29, 1.82) is 0 Å². The van der Waals surface area contributed by atoms with Gasteiger partial charge in [-0.25, -0.2) is 4.79 Å². The van der Waals surface area contributed by atoms with Gasteiger partial charge in [0.1, 0.15) is 6.10 Å². The molecule has 0 bridgehead atoms. The van der Waals surface area contributed by atoms with Crippen LogP contribution in [0, 0.1) is 18.8 Å². The number of aryl methyl sites for hydroxylation is 1. The topological polar surface area (TPSA) is 70.7 Å². The number of nitrogens with zero attached hydrogens (tertiary/aromatic N) is 1. The molecule has 28 heavy (non-hydrogen) atoms. The summed E-state index contributed by atoms with van der Waals surface area (Å²) in [6.45, 7) is 6.23. The number of rotatable bonds is 4. The molecule has 2 aliphatic heterocycles. The fraction of sp³-hybridized carbons (Fsp3) is 0.636. The van der Waals surface area contributed by atoms with Crippen LogP contribution in [0.1, 0.15) is 44.6 Å². The van der Waals surface area contributed by atoms with Crippen LogP contribution in [-0.2, 0) is 9.53 Å². The molecule has 3 unspecified atom stereocenters. The van der Waals surface area contributed by atoms with Gasteiger partial charge in [-0.2, -0.15) is 0 Å². The minimum atomic E-state index is -0.339. The lowest BCUT2D eigenvalue weighted by Crippen LogP contribution is -2.54. The van der Waals surface area contributed by atoms with Crippen molar-refractivity contribution >= 4 is 17.6 Å². The van der Waals surface area contributed by atoms with Crippen LogP contribution in [-0.4, -0.2) is 48.2 Å². The van der Waals surface area contributed by atoms with E-state index >= 15 is 0 Å². The number of carbonyl (C=O) groups excluding carboxylic acids is 2. The number of benzene rings is 1. The van der Waals surface area contributed by atoms with Gasteiger partial charge in [-0.1, -0.05) is 19.1 Å². The SMILES string of the molecule is Cc1cccc(NC(=O)N2CCC3(CCC(C(=O)NCC4CC4)O3)C(C)C2)c1. The molecule has 1 aromatic rings. The number of ether oxygens (including phenoxy) is 1. The first-order chi connectivity index (χ1) is 13.4. The first-order valence-electron chi connectivity index (χ1n) is 10.5. The summed E-state index contributed by atoms with van der Waals surface area (Å²) in [4.78, 5) is 26.9. The molecule has 3 fully saturated rings. The van der Waals surface area contributed by atoms with Crippen LogP contribution < -0.4 is 10.6 Å². The van der Waals surface area contributed by atoms with E-state index in [1.165, 1.54) is 12.8 Å². The van der Waals surface area contributed by atoms with Crippen molar-refractivity contribution in [2.75, 3.05) is 25.0 Å². The molecule has 2 heterocycles. The van der Waals surface area contributed by atoms with E-state index in [2.05, 4.69) is 17.6 Å². The molecule has 6 heteroatoms. The average molecular weight is 386 g/mol. The molecule has 6 nitrogen and oxygen atoms in total. The number of hydrogen-bond donors (Lipinski definition) is 2. The molecule has 1 aliphatic carbocycles. The maximum atomic E-state index is 12.7. The summed E-state index contributed by atoms with van der Waals surface area (Å²) in [5.41, 5.74) is 1.67. The van der Waals surface area contributed by atoms with Crippen LogP contribution in [0.2, 0.25) is 0 Å². The first-order valence-corrected chi connectivity index (χ1v) is 10.5. The lowest BCUT2D eigenvalue weighted by atomic mass is 9.80. The normalized spacial score (nSPS) is 29.7. The van der Waals surface area contributed by atoms with Gasteiger partial charge in [0.2, 0.25) is 5.91 Å². The molecule has 3 aliphatic rings. The molecule has 1 aromatic carbocycles. The summed E-state index contributed by atoms with van der Waals surface area (Å²) in [7, 11) is 0. The molecule has 1 saturated carbocycles. The second-order valence-corrected chi connectivity index (χ2v) is 8.80. The van der Waals surface area contributed by atoms with Gasteiger partial charge < -0.3 is 20.3 Å². The zero-order valence-corrected chi connectivity index (χ0v) is 16.9. The van der Waals surface area contributed by atoms with Gasteiger partial charge in [-0.3, -0.25) is 4.79 Å². The van der Waals surface area contributed by atoms with Crippen molar-refractivity contribution in [3.05, 3.63) is 29.8 Å². The van der Waals surface area contributed by atoms with Gasteiger partial charge in [-0.05, 0) is 62.6 Å². The average Bonchev–Trinajstić information content (AvgIpc) is 3.40. The minimum absolute atomic E-state index is 0.0376. The Hall–Kier alpha value is -2.08. The summed E-state index contributed by atoms with van der Waals surface area (Å²) in [6.07, 6.45) is 4.57. The molecule has 2 N–H and O–H groups in total. The van der Waals surface area contributed by atoms with Gasteiger partial charge in [0.25, 0.3) is 0 Å². The van der Waals surface area contributed by atoms with Crippen LogP contribution in [0.5, 0.6) is 0 Å². The summed E-state index contributed by atoms with van der Waals surface area (Å²) in [5.74, 6) is 0.912. The molecular weight excluding hydrogens is 354 g/mol. The largest absolute Gasteiger partial charge is 0.362 e. The van der Waals surface area contributed by atoms with E-state index in [-0.39, 0.29) is 29.6 Å². The number of piperidine rings is 1. The number of anilines is 1. The first kappa shape index (κ1) is 19.2. The van der Waals surface area contributed by atoms with Gasteiger partial charge in [-0.15, -0.1) is 0 Å². The lowest BCUT2D eigenvalue weighted by molar-refractivity contribution is -0.146. The fourth-order valence-electron chi connectivity index (χ4n) is 4.46. The molecule has 1 spiro atoms. The van der Waals surface area contributed by atoms with E-state index < -0.39 is 0 Å². The summed E-state index contributed by atoms with van der Waals surface area (Å²) >= 11 is 0. The molecule has 0 radical (unpaired) electrons. The van der Waals surface area contributed by atoms with Crippen molar-refractivity contribution in [2.24, 2.45) is 11.8 Å². The smallest absolute Gasteiger partial charge is 0.321 e. The van der Waals surface area contributed by atoms with E-state index in [1.807, 2.05) is 36.1 Å². The standard InChI is InChI=1S/C22H31N3O3/c1-15-4-3-5-18(12-15)24-21(27)25-11-10-22(16(2)14-25)9-8-19(28-22)20(26)23-13-17-6-7-17/h3-5,12,16-17,19H,6-11,13-14H2,1-2H3,(H,23,26)(H,24,27). The van der Waals surface area contributed by atoms with Crippen molar-refractivity contribution in [3.8, 4) is 0 Å². The Morgan fingerprint density at radius 2 is 2.07 bits per heavy atom. The van der Waals surface area contributed by atoms with Gasteiger partial charge >= 0.3 is 6.03 Å². The van der Waals surface area contributed by atoms with E-state index in [1.54, 1.807) is 0 Å². The summed E-state index contributed by atoms with van der Waals surface area (Å²) in [6, 6.07) is 7.77. The number of carbonyl (C=O) groups is 2. The van der Waals surface area contributed by atoms with Crippen LogP contribution >= 0.6 is 0 Å². The minimum Gasteiger partial charge on any atom is -0.362 e. The third kappa shape index (κ3) is 4.17. The van der Waals surface area contributed by atoms with Gasteiger partial charge in [0.15, 0.2) is 0 Å². The zero-order chi connectivity index (χ0) is 19.7. The second kappa shape index (κ2) is 7.74. The third-order valence-corrected chi connectivity index (χ3v) is 6.51. The fourth-order valence-corrected chi connectivity index (χ4v) is 4.46. The van der Waals surface area contributed by atoms with E-state index in [9.17, 15) is 9.59 Å². The quantitative estimate of drug-likeness (QED) is 0.835. The number of nitrogens with one attached hydrogen (secondary N) is 2. The van der Waals surface area contributed by atoms with Crippen molar-refractivity contribution < 1.29 is 14.3 Å². The Balaban J connectivity index is 1.30. The Morgan fingerprint density at radius 3 is 2.79 bits per heavy atom. The Labute approximate surface area is 167 Å². The number of likely N-dealkylation sites (tertiary alicyclic amines) is 1. The highest BCUT2D eigenvalue weighted by Gasteiger charge is 2.49. The van der Waals surface area contributed by atoms with E-state index in [0.29, 0.717) is 19.0 Å². The summed E-state index contributed by atoms with van der Waals surface area (Å²) in [5, 5.41) is 6.04. The highest BCUT2D eigenvalue weighted by atomic mass is 16.5. The highest BCUT2D eigenvalue weighted by molar-refractivity contribution is 5.89. The van der Waals surface area contributed by atoms with Crippen LogP contribution in [0.15, 0.2) is 24.3 Å². The van der Waals surface area contributed by atoms with Crippen molar-refractivity contribution in [1.82, 2.24) is 10.2 Å². The van der Waals surface area contributed by atoms with Gasteiger partial charge in [0, 0.05) is 31.2 Å². The van der Waals surface area contributed by atoms with Crippen LogP contribution in [0.25, 0.3) is 0 Å². The second-order valence-electron chi connectivity index (χ2n) is 8.80. The van der Waals surface area contributed by atoms with Gasteiger partial charge in [0.05, 0.1) is 5.60 Å². The monoisotopic (exact) mass is 385 g/mol. The third-order valence-electron chi connectivity index (χ3n) is 6.51. The Kier molecular flexibility index (Phi) is 5.32. The Bertz CT molecular complexity index is 748. The predicted octanol–water partition coefficient (Wildman–Crippen LogP) is 3.31. The maximum absolute atomic E-state index is 12.7. The van der Waals surface area contributed by atoms with Crippen LogP contribution in [0.3, 0.4) is 0 Å². The number of hydrogen-bond acceptors (Lipinski definition) is 3. The van der Waals surface area contributed by atoms with Crippen LogP contribution in [0.4, 0.5) is 10.5 Å². The maximum Gasteiger partial charge on any atom is 0.321 e. The molecule has 152 valence electrons.